The van der Waals surface area contributed by atoms with Crippen molar-refractivity contribution >= 4 is 5.84 Å². The van der Waals surface area contributed by atoms with Crippen LogP contribution in [0, 0.1) is 0 Å². The molecule has 0 amide bonds. The molecule has 0 aromatic heterocycles. The van der Waals surface area contributed by atoms with Gasteiger partial charge >= 0.3 is 0 Å². The summed E-state index contributed by atoms with van der Waals surface area (Å²) in [5, 5.41) is 11.8. The van der Waals surface area contributed by atoms with Crippen LogP contribution in [0.25, 0.3) is 0 Å². The van der Waals surface area contributed by atoms with Crippen molar-refractivity contribution in [2.75, 3.05) is 32.7 Å². The Bertz CT molecular complexity index is 262. The Balaban J connectivity index is 2.15. The molecule has 1 unspecified atom stereocenters. The summed E-state index contributed by atoms with van der Waals surface area (Å²) in [7, 11) is 0. The molecule has 1 heterocycles. The van der Waals surface area contributed by atoms with Gasteiger partial charge in [-0.1, -0.05) is 37.8 Å². The molecule has 0 aromatic rings. The molecular formula is C14H30N4O. The van der Waals surface area contributed by atoms with Crippen LogP contribution in [0.5, 0.6) is 0 Å². The Morgan fingerprint density at radius 3 is 2.37 bits per heavy atom. The Kier molecular flexibility index (Phi) is 7.82. The SMILES string of the molecule is CCCCCCCN1CCN(C(C)C(N)=NO)CC1. The van der Waals surface area contributed by atoms with E-state index >= 15 is 0 Å². The van der Waals surface area contributed by atoms with Crippen molar-refractivity contribution in [2.45, 2.75) is 52.0 Å². The fourth-order valence-corrected chi connectivity index (χ4v) is 2.58. The van der Waals surface area contributed by atoms with Gasteiger partial charge < -0.3 is 15.8 Å². The van der Waals surface area contributed by atoms with E-state index in [0.717, 1.165) is 26.2 Å². The van der Waals surface area contributed by atoms with Crippen LogP contribution < -0.4 is 5.73 Å². The predicted molar refractivity (Wildman–Crippen MR) is 79.6 cm³/mol. The molecule has 0 aliphatic carbocycles. The molecule has 0 spiro atoms. The van der Waals surface area contributed by atoms with Gasteiger partial charge in [-0.25, -0.2) is 0 Å². The highest BCUT2D eigenvalue weighted by Gasteiger charge is 2.22. The second-order valence-corrected chi connectivity index (χ2v) is 5.49. The van der Waals surface area contributed by atoms with E-state index in [9.17, 15) is 0 Å². The lowest BCUT2D eigenvalue weighted by molar-refractivity contribution is 0.119. The van der Waals surface area contributed by atoms with Crippen molar-refractivity contribution < 1.29 is 5.21 Å². The Morgan fingerprint density at radius 1 is 1.16 bits per heavy atom. The first kappa shape index (κ1) is 16.2. The van der Waals surface area contributed by atoms with Gasteiger partial charge in [0.2, 0.25) is 0 Å². The zero-order chi connectivity index (χ0) is 14.1. The maximum absolute atomic E-state index is 8.70. The summed E-state index contributed by atoms with van der Waals surface area (Å²) >= 11 is 0. The second-order valence-electron chi connectivity index (χ2n) is 5.49. The fraction of sp³-hybridized carbons (Fsp3) is 0.929. The number of hydrogen-bond donors (Lipinski definition) is 2. The van der Waals surface area contributed by atoms with E-state index in [1.54, 1.807) is 0 Å². The lowest BCUT2D eigenvalue weighted by Crippen LogP contribution is -2.53. The van der Waals surface area contributed by atoms with Crippen LogP contribution in [-0.4, -0.2) is 59.6 Å². The summed E-state index contributed by atoms with van der Waals surface area (Å²) in [6.07, 6.45) is 6.72. The first-order valence-electron chi connectivity index (χ1n) is 7.62. The minimum absolute atomic E-state index is 0.0386. The maximum atomic E-state index is 8.70. The molecule has 0 bridgehead atoms. The molecule has 5 heteroatoms. The van der Waals surface area contributed by atoms with E-state index < -0.39 is 0 Å². The van der Waals surface area contributed by atoms with E-state index in [0.29, 0.717) is 5.84 Å². The average molecular weight is 270 g/mol. The van der Waals surface area contributed by atoms with Crippen LogP contribution in [0.3, 0.4) is 0 Å². The molecule has 5 nitrogen and oxygen atoms in total. The van der Waals surface area contributed by atoms with Crippen molar-refractivity contribution in [2.24, 2.45) is 10.9 Å². The van der Waals surface area contributed by atoms with Crippen molar-refractivity contribution in [3.63, 3.8) is 0 Å². The quantitative estimate of drug-likeness (QED) is 0.232. The third-order valence-corrected chi connectivity index (χ3v) is 4.08. The average Bonchev–Trinajstić information content (AvgIpc) is 2.46. The summed E-state index contributed by atoms with van der Waals surface area (Å²) < 4.78 is 0. The zero-order valence-corrected chi connectivity index (χ0v) is 12.5. The number of oxime groups is 1. The monoisotopic (exact) mass is 270 g/mol. The molecule has 0 aromatic carbocycles. The highest BCUT2D eigenvalue weighted by Crippen LogP contribution is 2.09. The molecule has 1 fully saturated rings. The molecule has 1 aliphatic rings. The van der Waals surface area contributed by atoms with E-state index in [2.05, 4.69) is 21.9 Å². The highest BCUT2D eigenvalue weighted by molar-refractivity contribution is 5.84. The number of piperazine rings is 1. The van der Waals surface area contributed by atoms with E-state index in [1.807, 2.05) is 6.92 Å². The van der Waals surface area contributed by atoms with Gasteiger partial charge in [0, 0.05) is 26.2 Å². The van der Waals surface area contributed by atoms with Gasteiger partial charge in [0.05, 0.1) is 6.04 Å². The van der Waals surface area contributed by atoms with Crippen molar-refractivity contribution in [3.8, 4) is 0 Å². The number of hydrogen-bond acceptors (Lipinski definition) is 4. The largest absolute Gasteiger partial charge is 0.409 e. The summed E-state index contributed by atoms with van der Waals surface area (Å²) in [6.45, 7) is 9.67. The van der Waals surface area contributed by atoms with Gasteiger partial charge in [-0.2, -0.15) is 0 Å². The van der Waals surface area contributed by atoms with E-state index in [1.165, 1.54) is 38.6 Å². The first-order valence-corrected chi connectivity index (χ1v) is 7.62. The molecule has 1 rings (SSSR count). The molecule has 1 aliphatic heterocycles. The molecule has 19 heavy (non-hydrogen) atoms. The minimum atomic E-state index is 0.0386. The Labute approximate surface area is 117 Å². The van der Waals surface area contributed by atoms with Crippen LogP contribution in [-0.2, 0) is 0 Å². The van der Waals surface area contributed by atoms with Crippen LogP contribution in [0.2, 0.25) is 0 Å². The topological polar surface area (TPSA) is 65.1 Å². The minimum Gasteiger partial charge on any atom is -0.409 e. The van der Waals surface area contributed by atoms with Crippen molar-refractivity contribution in [3.05, 3.63) is 0 Å². The van der Waals surface area contributed by atoms with E-state index in [-0.39, 0.29) is 6.04 Å². The molecule has 0 saturated carbocycles. The lowest BCUT2D eigenvalue weighted by atomic mass is 10.1. The molecule has 1 atom stereocenters. The van der Waals surface area contributed by atoms with Crippen LogP contribution in [0.4, 0.5) is 0 Å². The third kappa shape index (κ3) is 5.78. The molecule has 0 radical (unpaired) electrons. The van der Waals surface area contributed by atoms with E-state index in [4.69, 9.17) is 10.9 Å². The number of unbranched alkanes of at least 4 members (excludes halogenated alkanes) is 4. The third-order valence-electron chi connectivity index (χ3n) is 4.08. The van der Waals surface area contributed by atoms with Crippen molar-refractivity contribution in [1.29, 1.82) is 0 Å². The zero-order valence-electron chi connectivity index (χ0n) is 12.5. The van der Waals surface area contributed by atoms with Crippen LogP contribution in [0.1, 0.15) is 46.0 Å². The number of rotatable bonds is 8. The summed E-state index contributed by atoms with van der Waals surface area (Å²) in [5.41, 5.74) is 5.65. The number of amidine groups is 1. The summed E-state index contributed by atoms with van der Waals surface area (Å²) in [6, 6.07) is 0.0386. The van der Waals surface area contributed by atoms with Gasteiger partial charge in [-0.05, 0) is 19.9 Å². The predicted octanol–water partition coefficient (Wildman–Crippen LogP) is 1.71. The maximum Gasteiger partial charge on any atom is 0.156 e. The molecule has 1 saturated heterocycles. The molecular weight excluding hydrogens is 240 g/mol. The van der Waals surface area contributed by atoms with Crippen LogP contribution in [0.15, 0.2) is 5.16 Å². The van der Waals surface area contributed by atoms with Gasteiger partial charge in [-0.3, -0.25) is 4.90 Å². The van der Waals surface area contributed by atoms with Gasteiger partial charge in [0.1, 0.15) is 0 Å². The fourth-order valence-electron chi connectivity index (χ4n) is 2.58. The van der Waals surface area contributed by atoms with Crippen molar-refractivity contribution in [1.82, 2.24) is 9.80 Å². The lowest BCUT2D eigenvalue weighted by Gasteiger charge is -2.37. The number of nitrogens with two attached hydrogens (primary N) is 1. The molecule has 112 valence electrons. The smallest absolute Gasteiger partial charge is 0.156 e. The normalized spacial score (nSPS) is 20.6. The van der Waals surface area contributed by atoms with Crippen LogP contribution >= 0.6 is 0 Å². The highest BCUT2D eigenvalue weighted by atomic mass is 16.4. The first-order chi connectivity index (χ1) is 9.19. The Hall–Kier alpha value is -0.810. The number of nitrogens with zero attached hydrogens (tertiary/aromatic N) is 3. The summed E-state index contributed by atoms with van der Waals surface area (Å²) in [4.78, 5) is 4.81. The second kappa shape index (κ2) is 9.15. The van der Waals surface area contributed by atoms with Gasteiger partial charge in [0.25, 0.3) is 0 Å². The Morgan fingerprint density at radius 2 is 1.79 bits per heavy atom. The molecule has 3 N–H and O–H groups in total. The van der Waals surface area contributed by atoms with Gasteiger partial charge in [0.15, 0.2) is 5.84 Å². The standard InChI is InChI=1S/C14H30N4O/c1-3-4-5-6-7-8-17-9-11-18(12-10-17)13(2)14(15)16-19/h13,19H,3-12H2,1-2H3,(H2,15,16). The van der Waals surface area contributed by atoms with Gasteiger partial charge in [-0.15, -0.1) is 0 Å². The summed E-state index contributed by atoms with van der Waals surface area (Å²) in [5.74, 6) is 0.313.